The van der Waals surface area contributed by atoms with Crippen LogP contribution in [0.3, 0.4) is 0 Å². The lowest BCUT2D eigenvalue weighted by Gasteiger charge is -2.14. The van der Waals surface area contributed by atoms with Gasteiger partial charge in [-0.3, -0.25) is 29.8 Å². The Morgan fingerprint density at radius 2 is 1.42 bits per heavy atom. The third-order valence-corrected chi connectivity index (χ3v) is 4.82. The number of ether oxygens (including phenoxy) is 1. The topological polar surface area (TPSA) is 147 Å². The van der Waals surface area contributed by atoms with Crippen LogP contribution in [0.25, 0.3) is 0 Å². The lowest BCUT2D eigenvalue weighted by Crippen LogP contribution is -2.24. The van der Waals surface area contributed by atoms with Gasteiger partial charge < -0.3 is 4.74 Å². The zero-order valence-corrected chi connectivity index (χ0v) is 20.8. The monoisotopic (exact) mass is 470 g/mol. The predicted octanol–water partition coefficient (Wildman–Crippen LogP) is 3.96. The summed E-state index contributed by atoms with van der Waals surface area (Å²) in [6.45, 7) is 11.3. The van der Waals surface area contributed by atoms with E-state index in [-0.39, 0.29) is 59.5 Å². The minimum Gasteiger partial charge on any atom is -0.469 e. The van der Waals surface area contributed by atoms with Crippen LogP contribution in [-0.2, 0) is 9.53 Å². The van der Waals surface area contributed by atoms with E-state index in [1.165, 1.54) is 11.8 Å². The van der Waals surface area contributed by atoms with Crippen molar-refractivity contribution in [3.63, 3.8) is 0 Å². The highest BCUT2D eigenvalue weighted by atomic mass is 16.6. The van der Waals surface area contributed by atoms with E-state index in [0.717, 1.165) is 11.4 Å². The zero-order valence-electron chi connectivity index (χ0n) is 20.8. The molecule has 33 heavy (non-hydrogen) atoms. The second kappa shape index (κ2) is 15.1. The Hall–Kier alpha value is -2.85. The summed E-state index contributed by atoms with van der Waals surface area (Å²) < 4.78 is 5.83. The van der Waals surface area contributed by atoms with Crippen LogP contribution in [0.4, 0.5) is 0 Å². The quantitative estimate of drug-likeness (QED) is 0.253. The van der Waals surface area contributed by atoms with Gasteiger partial charge in [-0.2, -0.15) is 5.10 Å². The van der Waals surface area contributed by atoms with Gasteiger partial charge in [-0.1, -0.05) is 27.7 Å². The maximum Gasteiger partial charge on any atom is 0.306 e. The number of esters is 1. The van der Waals surface area contributed by atoms with Crippen molar-refractivity contribution >= 4 is 11.9 Å². The van der Waals surface area contributed by atoms with Gasteiger partial charge in [0.2, 0.25) is 19.0 Å². The average Bonchev–Trinajstić information content (AvgIpc) is 2.98. The number of rotatable bonds is 12. The number of methoxy groups -OCH3 is 1. The fourth-order valence-electron chi connectivity index (χ4n) is 3.73. The molecule has 1 aromatic heterocycles. The van der Waals surface area contributed by atoms with Crippen molar-refractivity contribution < 1.29 is 24.2 Å². The number of aromatic nitrogens is 2. The summed E-state index contributed by atoms with van der Waals surface area (Å²) in [6, 6.07) is 1.82. The second-order valence-corrected chi connectivity index (χ2v) is 9.24. The van der Waals surface area contributed by atoms with E-state index in [9.17, 15) is 29.8 Å². The smallest absolute Gasteiger partial charge is 0.306 e. The minimum atomic E-state index is -0.379. The summed E-state index contributed by atoms with van der Waals surface area (Å²) in [4.78, 5) is 43.3. The first-order chi connectivity index (χ1) is 15.2. The molecule has 0 aromatic carbocycles. The molecule has 0 amide bonds. The van der Waals surface area contributed by atoms with E-state index in [2.05, 4.69) is 9.84 Å². The molecule has 1 aromatic rings. The highest BCUT2D eigenvalue weighted by Crippen LogP contribution is 2.18. The maximum absolute atomic E-state index is 12.1. The van der Waals surface area contributed by atoms with Gasteiger partial charge in [-0.25, -0.2) is 4.68 Å². The summed E-state index contributed by atoms with van der Waals surface area (Å²) >= 11 is 0. The molecule has 1 rings (SSSR count). The van der Waals surface area contributed by atoms with Crippen LogP contribution < -0.4 is 0 Å². The number of nitro groups is 2. The van der Waals surface area contributed by atoms with Gasteiger partial charge >= 0.3 is 5.97 Å². The van der Waals surface area contributed by atoms with E-state index in [4.69, 9.17) is 0 Å². The molecule has 0 saturated heterocycles. The highest BCUT2D eigenvalue weighted by molar-refractivity contribution is 5.79. The van der Waals surface area contributed by atoms with Gasteiger partial charge in [0.15, 0.2) is 0 Å². The van der Waals surface area contributed by atoms with Crippen LogP contribution in [0.15, 0.2) is 6.07 Å². The molecule has 1 heterocycles. The van der Waals surface area contributed by atoms with E-state index in [1.54, 1.807) is 0 Å². The molecule has 0 radical (unpaired) electrons. The number of aryl methyl sites for hydroxylation is 2. The summed E-state index contributed by atoms with van der Waals surface area (Å²) in [6.07, 6.45) is 1.65. The molecule has 0 aliphatic heterocycles. The van der Waals surface area contributed by atoms with Crippen molar-refractivity contribution in [1.82, 2.24) is 9.78 Å². The van der Waals surface area contributed by atoms with E-state index < -0.39 is 0 Å². The zero-order chi connectivity index (χ0) is 25.7. The van der Waals surface area contributed by atoms with Crippen LogP contribution in [-0.4, -0.2) is 51.7 Å². The Bertz CT molecular complexity index is 790. The second-order valence-electron chi connectivity index (χ2n) is 9.24. The Kier molecular flexibility index (Phi) is 13.8. The molecule has 0 spiro atoms. The van der Waals surface area contributed by atoms with Gasteiger partial charge in [0, 0.05) is 33.8 Å². The number of hydrogen-bond acceptors (Lipinski definition) is 8. The Morgan fingerprint density at radius 1 is 0.970 bits per heavy atom. The highest BCUT2D eigenvalue weighted by Gasteiger charge is 2.23. The number of nitrogens with zero attached hydrogens (tertiary/aromatic N) is 4. The molecule has 11 heteroatoms. The molecule has 0 aliphatic carbocycles. The molecule has 2 unspecified atom stereocenters. The van der Waals surface area contributed by atoms with Crippen LogP contribution in [0.1, 0.15) is 69.6 Å². The number of hydrogen-bond donors (Lipinski definition) is 0. The van der Waals surface area contributed by atoms with Crippen molar-refractivity contribution in [2.24, 2.45) is 23.7 Å². The first-order valence-electron chi connectivity index (χ1n) is 11.1. The van der Waals surface area contributed by atoms with Gasteiger partial charge in [0.1, 0.15) is 0 Å². The molecule has 0 bridgehead atoms. The van der Waals surface area contributed by atoms with Crippen LogP contribution in [0, 0.1) is 57.7 Å². The standard InChI is InChI=1S/C13H21N3O3.C9H17NO4/c1-9(2)5-12(8-15(18)19)7-13(17)16-11(4)6-10(3)14-16;1-7(2)4-8(6-10(12)13)5-9(11)14-3/h6,9,12H,5,7-8H2,1-4H3;7-8H,4-6H2,1-3H3. The van der Waals surface area contributed by atoms with Gasteiger partial charge in [0.05, 0.1) is 19.2 Å². The van der Waals surface area contributed by atoms with Gasteiger partial charge in [-0.05, 0) is 44.6 Å². The molecular weight excluding hydrogens is 432 g/mol. The lowest BCUT2D eigenvalue weighted by molar-refractivity contribution is -0.488. The molecule has 0 N–H and O–H groups in total. The minimum absolute atomic E-state index is 0.135. The molecule has 188 valence electrons. The Morgan fingerprint density at radius 3 is 1.76 bits per heavy atom. The van der Waals surface area contributed by atoms with E-state index >= 15 is 0 Å². The van der Waals surface area contributed by atoms with Gasteiger partial charge in [-0.15, -0.1) is 0 Å². The summed E-state index contributed by atoms with van der Waals surface area (Å²) in [5, 5.41) is 25.1. The molecule has 0 fully saturated rings. The number of carbonyl (C=O) groups excluding carboxylic acids is 2. The average molecular weight is 471 g/mol. The van der Waals surface area contributed by atoms with Gasteiger partial charge in [0.25, 0.3) is 0 Å². The van der Waals surface area contributed by atoms with Crippen molar-refractivity contribution in [1.29, 1.82) is 0 Å². The molecule has 11 nitrogen and oxygen atoms in total. The molecule has 0 aliphatic rings. The first-order valence-corrected chi connectivity index (χ1v) is 11.1. The SMILES string of the molecule is COC(=O)CC(CC(C)C)C[N+](=O)[O-].Cc1cc(C)n(C(=O)CC(CC(C)C)C[N+](=O)[O-])n1. The van der Waals surface area contributed by atoms with Crippen LogP contribution in [0.5, 0.6) is 0 Å². The van der Waals surface area contributed by atoms with Crippen molar-refractivity contribution in [3.05, 3.63) is 37.7 Å². The largest absolute Gasteiger partial charge is 0.469 e. The summed E-state index contributed by atoms with van der Waals surface area (Å²) in [5.41, 5.74) is 1.55. The maximum atomic E-state index is 12.1. The predicted molar refractivity (Wildman–Crippen MR) is 123 cm³/mol. The Labute approximate surface area is 195 Å². The van der Waals surface area contributed by atoms with Crippen molar-refractivity contribution in [2.45, 2.75) is 67.2 Å². The molecule has 2 atom stereocenters. The normalized spacial score (nSPS) is 12.6. The van der Waals surface area contributed by atoms with Crippen molar-refractivity contribution in [2.75, 3.05) is 20.2 Å². The van der Waals surface area contributed by atoms with Crippen molar-refractivity contribution in [3.8, 4) is 0 Å². The fraction of sp³-hybridized carbons (Fsp3) is 0.773. The first kappa shape index (κ1) is 30.1. The van der Waals surface area contributed by atoms with Crippen LogP contribution >= 0.6 is 0 Å². The number of carbonyl (C=O) groups is 2. The lowest BCUT2D eigenvalue weighted by atomic mass is 9.94. The van der Waals surface area contributed by atoms with E-state index in [0.29, 0.717) is 24.7 Å². The molecular formula is C22H38N4O7. The van der Waals surface area contributed by atoms with E-state index in [1.807, 2.05) is 47.6 Å². The third kappa shape index (κ3) is 14.0. The summed E-state index contributed by atoms with van der Waals surface area (Å²) in [5.74, 6) is -0.303. The summed E-state index contributed by atoms with van der Waals surface area (Å²) in [7, 11) is 1.29. The third-order valence-electron chi connectivity index (χ3n) is 4.82. The molecule has 0 saturated carbocycles. The fourth-order valence-corrected chi connectivity index (χ4v) is 3.73. The Balaban J connectivity index is 0.000000653. The van der Waals surface area contributed by atoms with Crippen LogP contribution in [0.2, 0.25) is 0 Å².